The summed E-state index contributed by atoms with van der Waals surface area (Å²) in [6.45, 7) is 2.91. The van der Waals surface area contributed by atoms with Crippen LogP contribution in [0.2, 0.25) is 0 Å². The van der Waals surface area contributed by atoms with Gasteiger partial charge in [-0.3, -0.25) is 0 Å². The standard InChI is InChI=1S/C19H22F2N2/c1-22-18-10-11-23(12-18)13-19(14-2-6-16(20)7-3-14)15-4-8-17(21)9-5-15/h2-9,18-19,22H,10-13H2,1H3. The highest BCUT2D eigenvalue weighted by Crippen LogP contribution is 2.27. The molecule has 1 fully saturated rings. The second-order valence-corrected chi connectivity index (χ2v) is 6.19. The topological polar surface area (TPSA) is 15.3 Å². The normalized spacial score (nSPS) is 18.7. The number of halogens is 2. The third kappa shape index (κ3) is 3.95. The molecule has 0 spiro atoms. The molecule has 2 nitrogen and oxygen atoms in total. The fourth-order valence-corrected chi connectivity index (χ4v) is 3.29. The number of nitrogens with zero attached hydrogens (tertiary/aromatic N) is 1. The van der Waals surface area contributed by atoms with Gasteiger partial charge in [0, 0.05) is 25.0 Å². The highest BCUT2D eigenvalue weighted by Gasteiger charge is 2.25. The Hall–Kier alpha value is -1.78. The lowest BCUT2D eigenvalue weighted by molar-refractivity contribution is 0.319. The summed E-state index contributed by atoms with van der Waals surface area (Å²) in [5.41, 5.74) is 2.12. The molecule has 0 aliphatic carbocycles. The first kappa shape index (κ1) is 16.1. The SMILES string of the molecule is CNC1CCN(CC(c2ccc(F)cc2)c2ccc(F)cc2)C1. The van der Waals surface area contributed by atoms with Gasteiger partial charge in [-0.2, -0.15) is 0 Å². The van der Waals surface area contributed by atoms with E-state index < -0.39 is 0 Å². The monoisotopic (exact) mass is 316 g/mol. The molecule has 2 aromatic rings. The van der Waals surface area contributed by atoms with Crippen molar-refractivity contribution in [2.75, 3.05) is 26.7 Å². The smallest absolute Gasteiger partial charge is 0.123 e. The van der Waals surface area contributed by atoms with Crippen LogP contribution in [0.3, 0.4) is 0 Å². The van der Waals surface area contributed by atoms with Crippen LogP contribution in [0.15, 0.2) is 48.5 Å². The van der Waals surface area contributed by atoms with Crippen molar-refractivity contribution in [3.63, 3.8) is 0 Å². The van der Waals surface area contributed by atoms with Crippen molar-refractivity contribution >= 4 is 0 Å². The summed E-state index contributed by atoms with van der Waals surface area (Å²) in [7, 11) is 1.99. The van der Waals surface area contributed by atoms with Crippen molar-refractivity contribution in [1.82, 2.24) is 10.2 Å². The largest absolute Gasteiger partial charge is 0.316 e. The third-order valence-corrected chi connectivity index (χ3v) is 4.67. The first-order valence-electron chi connectivity index (χ1n) is 8.06. The van der Waals surface area contributed by atoms with E-state index in [1.807, 2.05) is 31.3 Å². The van der Waals surface area contributed by atoms with Crippen LogP contribution in [0.25, 0.3) is 0 Å². The van der Waals surface area contributed by atoms with Gasteiger partial charge in [-0.1, -0.05) is 24.3 Å². The van der Waals surface area contributed by atoms with E-state index in [9.17, 15) is 8.78 Å². The fourth-order valence-electron chi connectivity index (χ4n) is 3.29. The van der Waals surface area contributed by atoms with Crippen LogP contribution < -0.4 is 5.32 Å². The Morgan fingerprint density at radius 2 is 1.52 bits per heavy atom. The molecule has 1 aliphatic heterocycles. The third-order valence-electron chi connectivity index (χ3n) is 4.67. The molecule has 1 atom stereocenters. The van der Waals surface area contributed by atoms with E-state index in [0.717, 1.165) is 37.2 Å². The van der Waals surface area contributed by atoms with Gasteiger partial charge >= 0.3 is 0 Å². The van der Waals surface area contributed by atoms with E-state index >= 15 is 0 Å². The van der Waals surface area contributed by atoms with Crippen molar-refractivity contribution in [3.8, 4) is 0 Å². The minimum absolute atomic E-state index is 0.117. The Balaban J connectivity index is 1.84. The quantitative estimate of drug-likeness (QED) is 0.909. The molecule has 1 heterocycles. The lowest BCUT2D eigenvalue weighted by atomic mass is 9.90. The molecule has 0 bridgehead atoms. The molecular weight excluding hydrogens is 294 g/mol. The second-order valence-electron chi connectivity index (χ2n) is 6.19. The zero-order valence-corrected chi connectivity index (χ0v) is 13.3. The summed E-state index contributed by atoms with van der Waals surface area (Å²) in [5.74, 6) is -0.349. The fraction of sp³-hybridized carbons (Fsp3) is 0.368. The van der Waals surface area contributed by atoms with Crippen LogP contribution in [0.4, 0.5) is 8.78 Å². The molecule has 0 saturated carbocycles. The van der Waals surface area contributed by atoms with Gasteiger partial charge in [0.05, 0.1) is 0 Å². The van der Waals surface area contributed by atoms with Crippen molar-refractivity contribution in [1.29, 1.82) is 0 Å². The zero-order valence-electron chi connectivity index (χ0n) is 13.3. The Kier molecular flexibility index (Phi) is 5.03. The minimum atomic E-state index is -0.233. The molecule has 2 aromatic carbocycles. The molecule has 0 aromatic heterocycles. The summed E-state index contributed by atoms with van der Waals surface area (Å²) >= 11 is 0. The maximum absolute atomic E-state index is 13.2. The second kappa shape index (κ2) is 7.20. The summed E-state index contributed by atoms with van der Waals surface area (Å²) in [6.07, 6.45) is 1.13. The molecule has 3 rings (SSSR count). The molecule has 0 amide bonds. The van der Waals surface area contributed by atoms with Crippen LogP contribution in [0, 0.1) is 11.6 Å². The van der Waals surface area contributed by atoms with E-state index in [1.54, 1.807) is 0 Å². The number of hydrogen-bond acceptors (Lipinski definition) is 2. The van der Waals surface area contributed by atoms with Gasteiger partial charge in [0.15, 0.2) is 0 Å². The Labute approximate surface area is 136 Å². The molecular formula is C19H22F2N2. The number of benzene rings is 2. The van der Waals surface area contributed by atoms with Gasteiger partial charge in [0.25, 0.3) is 0 Å². The van der Waals surface area contributed by atoms with Gasteiger partial charge < -0.3 is 10.2 Å². The Bertz CT molecular complexity index is 579. The van der Waals surface area contributed by atoms with Crippen LogP contribution in [-0.4, -0.2) is 37.6 Å². The summed E-state index contributed by atoms with van der Waals surface area (Å²) < 4.78 is 26.5. The lowest BCUT2D eigenvalue weighted by Gasteiger charge is -2.25. The summed E-state index contributed by atoms with van der Waals surface area (Å²) in [4.78, 5) is 2.42. The molecule has 1 aliphatic rings. The van der Waals surface area contributed by atoms with E-state index in [1.165, 1.54) is 24.3 Å². The summed E-state index contributed by atoms with van der Waals surface area (Å²) in [5, 5.41) is 3.32. The van der Waals surface area contributed by atoms with Crippen LogP contribution in [0.5, 0.6) is 0 Å². The predicted octanol–water partition coefficient (Wildman–Crippen LogP) is 3.39. The maximum Gasteiger partial charge on any atom is 0.123 e. The first-order valence-corrected chi connectivity index (χ1v) is 8.06. The highest BCUT2D eigenvalue weighted by atomic mass is 19.1. The van der Waals surface area contributed by atoms with E-state index in [2.05, 4.69) is 10.2 Å². The number of rotatable bonds is 5. The Morgan fingerprint density at radius 3 is 1.96 bits per heavy atom. The van der Waals surface area contributed by atoms with E-state index in [4.69, 9.17) is 0 Å². The number of hydrogen-bond donors (Lipinski definition) is 1. The van der Waals surface area contributed by atoms with E-state index in [-0.39, 0.29) is 17.6 Å². The van der Waals surface area contributed by atoms with Gasteiger partial charge in [-0.15, -0.1) is 0 Å². The van der Waals surface area contributed by atoms with Crippen molar-refractivity contribution < 1.29 is 8.78 Å². The van der Waals surface area contributed by atoms with Crippen LogP contribution in [-0.2, 0) is 0 Å². The van der Waals surface area contributed by atoms with Gasteiger partial charge in [-0.25, -0.2) is 8.78 Å². The van der Waals surface area contributed by atoms with E-state index in [0.29, 0.717) is 6.04 Å². The number of likely N-dealkylation sites (N-methyl/N-ethyl adjacent to an activating group) is 1. The van der Waals surface area contributed by atoms with Gasteiger partial charge in [-0.05, 0) is 55.4 Å². The van der Waals surface area contributed by atoms with Crippen molar-refractivity contribution in [2.24, 2.45) is 0 Å². The van der Waals surface area contributed by atoms with Crippen molar-refractivity contribution in [3.05, 3.63) is 71.3 Å². The number of likely N-dealkylation sites (tertiary alicyclic amines) is 1. The molecule has 1 saturated heterocycles. The average molecular weight is 316 g/mol. The highest BCUT2D eigenvalue weighted by molar-refractivity contribution is 5.33. The first-order chi connectivity index (χ1) is 11.2. The summed E-state index contributed by atoms with van der Waals surface area (Å²) in [6, 6.07) is 13.8. The number of nitrogens with one attached hydrogen (secondary N) is 1. The molecule has 1 N–H and O–H groups in total. The lowest BCUT2D eigenvalue weighted by Crippen LogP contribution is -2.32. The van der Waals surface area contributed by atoms with Crippen LogP contribution in [0.1, 0.15) is 23.5 Å². The molecule has 23 heavy (non-hydrogen) atoms. The zero-order chi connectivity index (χ0) is 16.2. The molecule has 122 valence electrons. The predicted molar refractivity (Wildman–Crippen MR) is 88.5 cm³/mol. The minimum Gasteiger partial charge on any atom is -0.316 e. The average Bonchev–Trinajstić information content (AvgIpc) is 3.02. The van der Waals surface area contributed by atoms with Gasteiger partial charge in [0.1, 0.15) is 11.6 Å². The molecule has 4 heteroatoms. The van der Waals surface area contributed by atoms with Gasteiger partial charge in [0.2, 0.25) is 0 Å². The Morgan fingerprint density at radius 1 is 1.00 bits per heavy atom. The maximum atomic E-state index is 13.2. The molecule has 1 unspecified atom stereocenters. The van der Waals surface area contributed by atoms with Crippen molar-refractivity contribution in [2.45, 2.75) is 18.4 Å². The molecule has 0 radical (unpaired) electrons. The van der Waals surface area contributed by atoms with Crippen LogP contribution >= 0.6 is 0 Å².